The van der Waals surface area contributed by atoms with Crippen molar-refractivity contribution in [2.24, 2.45) is 0 Å². The lowest BCUT2D eigenvalue weighted by Gasteiger charge is -2.14. The molecule has 0 bridgehead atoms. The lowest BCUT2D eigenvalue weighted by Crippen LogP contribution is -2.23. The quantitative estimate of drug-likeness (QED) is 0.516. The van der Waals surface area contributed by atoms with Gasteiger partial charge in [0.1, 0.15) is 12.7 Å². The third-order valence-corrected chi connectivity index (χ3v) is 3.81. The number of ether oxygens (including phenoxy) is 1. The molecule has 2 N–H and O–H groups in total. The number of carbonyl (C=O) groups excluding carboxylic acids is 2. The van der Waals surface area contributed by atoms with Crippen molar-refractivity contribution in [1.29, 1.82) is 0 Å². The summed E-state index contributed by atoms with van der Waals surface area (Å²) in [6, 6.07) is 4.41. The third kappa shape index (κ3) is 6.22. The summed E-state index contributed by atoms with van der Waals surface area (Å²) in [6.45, 7) is -0.498. The minimum Gasteiger partial charge on any atom is -0.456 e. The van der Waals surface area contributed by atoms with Gasteiger partial charge in [0.25, 0.3) is 5.91 Å². The number of benzene rings is 1. The molecular formula is C18H16F3N7O3. The summed E-state index contributed by atoms with van der Waals surface area (Å²) in [7, 11) is 0. The summed E-state index contributed by atoms with van der Waals surface area (Å²) in [5.41, 5.74) is -0.959. The summed E-state index contributed by atoms with van der Waals surface area (Å²) in [6.07, 6.45) is 0.835. The molecule has 1 amide bonds. The van der Waals surface area contributed by atoms with Crippen LogP contribution in [-0.2, 0) is 20.5 Å². The van der Waals surface area contributed by atoms with Crippen LogP contribution in [0.3, 0.4) is 0 Å². The van der Waals surface area contributed by atoms with Crippen molar-refractivity contribution in [1.82, 2.24) is 24.7 Å². The van der Waals surface area contributed by atoms with E-state index < -0.39 is 30.2 Å². The molecule has 0 radical (unpaired) electrons. The highest BCUT2D eigenvalue weighted by molar-refractivity contribution is 5.94. The first-order valence-corrected chi connectivity index (χ1v) is 8.85. The van der Waals surface area contributed by atoms with Gasteiger partial charge in [0.2, 0.25) is 5.95 Å². The van der Waals surface area contributed by atoms with Crippen LogP contribution in [-0.4, -0.2) is 49.8 Å². The zero-order valence-electron chi connectivity index (χ0n) is 15.8. The molecule has 0 saturated heterocycles. The molecule has 0 aliphatic rings. The van der Waals surface area contributed by atoms with Crippen molar-refractivity contribution >= 4 is 23.5 Å². The van der Waals surface area contributed by atoms with Gasteiger partial charge in [-0.3, -0.25) is 9.59 Å². The first kappa shape index (κ1) is 21.7. The Morgan fingerprint density at radius 2 is 1.94 bits per heavy atom. The van der Waals surface area contributed by atoms with Crippen LogP contribution in [0.1, 0.15) is 12.0 Å². The number of esters is 1. The molecule has 3 aromatic rings. The van der Waals surface area contributed by atoms with E-state index in [1.807, 2.05) is 0 Å². The Morgan fingerprint density at radius 3 is 2.61 bits per heavy atom. The fourth-order valence-corrected chi connectivity index (χ4v) is 2.42. The van der Waals surface area contributed by atoms with Crippen LogP contribution in [0, 0.1) is 0 Å². The normalized spacial score (nSPS) is 11.1. The number of nitrogens with one attached hydrogen (secondary N) is 2. The zero-order valence-corrected chi connectivity index (χ0v) is 15.8. The van der Waals surface area contributed by atoms with Gasteiger partial charge < -0.3 is 15.4 Å². The van der Waals surface area contributed by atoms with Crippen molar-refractivity contribution in [3.8, 4) is 5.69 Å². The standard InChI is InChI=1S/C18H16F3N7O3/c19-18(20,21)12-2-3-14(28-11-22-10-26-28)13(8-12)27-15(29)9-31-16(30)4-7-25-17-23-5-1-6-24-17/h1-3,5-6,8,10-11H,4,7,9H2,(H,27,29)(H,23,24,25). The Hall–Kier alpha value is -4.03. The van der Waals surface area contributed by atoms with E-state index >= 15 is 0 Å². The largest absolute Gasteiger partial charge is 0.456 e. The first-order chi connectivity index (χ1) is 14.8. The maximum atomic E-state index is 13.0. The second-order valence-corrected chi connectivity index (χ2v) is 6.03. The lowest BCUT2D eigenvalue weighted by molar-refractivity contribution is -0.147. The summed E-state index contributed by atoms with van der Waals surface area (Å²) < 4.78 is 45.2. The number of aromatic nitrogens is 5. The molecule has 0 fully saturated rings. The van der Waals surface area contributed by atoms with Gasteiger partial charge in [-0.15, -0.1) is 0 Å². The summed E-state index contributed by atoms with van der Waals surface area (Å²) in [5, 5.41) is 8.96. The lowest BCUT2D eigenvalue weighted by atomic mass is 10.1. The van der Waals surface area contributed by atoms with Gasteiger partial charge in [0.05, 0.1) is 23.4 Å². The maximum Gasteiger partial charge on any atom is 0.416 e. The molecule has 0 unspecified atom stereocenters. The molecule has 13 heteroatoms. The predicted octanol–water partition coefficient (Wildman–Crippen LogP) is 2.06. The second kappa shape index (κ2) is 9.65. The fraction of sp³-hybridized carbons (Fsp3) is 0.222. The molecule has 10 nitrogen and oxygen atoms in total. The summed E-state index contributed by atoms with van der Waals surface area (Å²) in [4.78, 5) is 35.5. The van der Waals surface area contributed by atoms with Crippen LogP contribution in [0.15, 0.2) is 49.3 Å². The van der Waals surface area contributed by atoms with Gasteiger partial charge in [-0.1, -0.05) is 0 Å². The average Bonchev–Trinajstić information content (AvgIpc) is 3.27. The highest BCUT2D eigenvalue weighted by Gasteiger charge is 2.31. The molecule has 0 aliphatic heterocycles. The number of carbonyl (C=O) groups is 2. The Labute approximate surface area is 173 Å². The topological polar surface area (TPSA) is 124 Å². The number of anilines is 2. The highest BCUT2D eigenvalue weighted by atomic mass is 19.4. The Kier molecular flexibility index (Phi) is 6.74. The van der Waals surface area contributed by atoms with Crippen LogP contribution >= 0.6 is 0 Å². The van der Waals surface area contributed by atoms with Gasteiger partial charge >= 0.3 is 12.1 Å². The van der Waals surface area contributed by atoms with Gasteiger partial charge in [0.15, 0.2) is 6.61 Å². The van der Waals surface area contributed by atoms with Gasteiger partial charge in [-0.2, -0.15) is 18.3 Å². The Bertz CT molecular complexity index is 1030. The van der Waals surface area contributed by atoms with Crippen LogP contribution in [0.5, 0.6) is 0 Å². The molecule has 0 spiro atoms. The van der Waals surface area contributed by atoms with Gasteiger partial charge in [-0.05, 0) is 24.3 Å². The molecule has 0 saturated carbocycles. The second-order valence-electron chi connectivity index (χ2n) is 6.03. The van der Waals surface area contributed by atoms with Crippen molar-refractivity contribution < 1.29 is 27.5 Å². The van der Waals surface area contributed by atoms with E-state index in [-0.39, 0.29) is 24.3 Å². The van der Waals surface area contributed by atoms with Crippen molar-refractivity contribution in [2.45, 2.75) is 12.6 Å². The van der Waals surface area contributed by atoms with E-state index in [0.717, 1.165) is 18.2 Å². The van der Waals surface area contributed by atoms with E-state index in [2.05, 4.69) is 30.7 Å². The van der Waals surface area contributed by atoms with Gasteiger partial charge in [-0.25, -0.2) is 19.6 Å². The number of halogens is 3. The molecular weight excluding hydrogens is 419 g/mol. The van der Waals surface area contributed by atoms with Crippen molar-refractivity contribution in [2.75, 3.05) is 23.8 Å². The van der Waals surface area contributed by atoms with E-state index in [0.29, 0.717) is 5.95 Å². The summed E-state index contributed by atoms with van der Waals surface area (Å²) in [5.74, 6) is -1.16. The monoisotopic (exact) mass is 435 g/mol. The van der Waals surface area contributed by atoms with Crippen LogP contribution in [0.2, 0.25) is 0 Å². The molecule has 2 aromatic heterocycles. The SMILES string of the molecule is O=C(COC(=O)CCNc1ncccn1)Nc1cc(C(F)(F)F)ccc1-n1cncn1. The van der Waals surface area contributed by atoms with Gasteiger partial charge in [0, 0.05) is 18.9 Å². The van der Waals surface area contributed by atoms with Crippen molar-refractivity contribution in [3.05, 3.63) is 54.9 Å². The molecule has 162 valence electrons. The molecule has 2 heterocycles. The average molecular weight is 435 g/mol. The molecule has 0 aliphatic carbocycles. The van der Waals surface area contributed by atoms with E-state index in [1.165, 1.54) is 29.7 Å². The van der Waals surface area contributed by atoms with Crippen LogP contribution in [0.4, 0.5) is 24.8 Å². The molecule has 1 aromatic carbocycles. The number of rotatable bonds is 8. The molecule has 0 atom stereocenters. The summed E-state index contributed by atoms with van der Waals surface area (Å²) >= 11 is 0. The van der Waals surface area contributed by atoms with Crippen LogP contribution < -0.4 is 10.6 Å². The molecule has 3 rings (SSSR count). The Balaban J connectivity index is 1.57. The molecule has 31 heavy (non-hydrogen) atoms. The first-order valence-electron chi connectivity index (χ1n) is 8.85. The minimum atomic E-state index is -4.61. The smallest absolute Gasteiger partial charge is 0.416 e. The van der Waals surface area contributed by atoms with Crippen molar-refractivity contribution in [3.63, 3.8) is 0 Å². The minimum absolute atomic E-state index is 0.0701. The highest BCUT2D eigenvalue weighted by Crippen LogP contribution is 2.33. The number of nitrogens with zero attached hydrogens (tertiary/aromatic N) is 5. The third-order valence-electron chi connectivity index (χ3n) is 3.81. The van der Waals surface area contributed by atoms with E-state index in [1.54, 1.807) is 6.07 Å². The van der Waals surface area contributed by atoms with E-state index in [4.69, 9.17) is 4.74 Å². The number of alkyl halides is 3. The number of hydrogen-bond acceptors (Lipinski definition) is 8. The number of hydrogen-bond donors (Lipinski definition) is 2. The number of amides is 1. The van der Waals surface area contributed by atoms with E-state index in [9.17, 15) is 22.8 Å². The Morgan fingerprint density at radius 1 is 1.16 bits per heavy atom. The zero-order chi connectivity index (χ0) is 22.3. The fourth-order valence-electron chi connectivity index (χ4n) is 2.42. The maximum absolute atomic E-state index is 13.0. The predicted molar refractivity (Wildman–Crippen MR) is 101 cm³/mol. The van der Waals surface area contributed by atoms with Crippen LogP contribution in [0.25, 0.3) is 5.69 Å².